The van der Waals surface area contributed by atoms with Crippen molar-refractivity contribution in [1.29, 1.82) is 0 Å². The molecule has 2 N–H and O–H groups in total. The Labute approximate surface area is 53.5 Å². The molecular formula is CH5Cl2O2PS. The summed E-state index contributed by atoms with van der Waals surface area (Å²) in [4.78, 5) is 16.8. The highest BCUT2D eigenvalue weighted by molar-refractivity contribution is 8.47. The first-order valence-corrected chi connectivity index (χ1v) is 6.98. The molecule has 0 saturated carbocycles. The van der Waals surface area contributed by atoms with Crippen molar-refractivity contribution in [2.45, 2.75) is 0 Å². The van der Waals surface area contributed by atoms with Crippen LogP contribution in [0.15, 0.2) is 0 Å². The fourth-order valence-corrected chi connectivity index (χ4v) is 0. The first-order chi connectivity index (χ1) is 2.94. The van der Waals surface area contributed by atoms with Gasteiger partial charge in [-0.15, -0.1) is 0 Å². The standard InChI is InChI=1S/CH5Cl2O2PS/c1-7(3)6(2,4)5/h4-5H,1H3. The fourth-order valence-electron chi connectivity index (χ4n) is 0. The second-order valence-corrected chi connectivity index (χ2v) is 9.86. The minimum atomic E-state index is -3.22. The minimum absolute atomic E-state index is 0.973. The topological polar surface area (TPSA) is 40.5 Å². The average Bonchev–Trinajstić information content (AvgIpc) is 1.31. The van der Waals surface area contributed by atoms with E-state index in [-0.39, 0.29) is 0 Å². The van der Waals surface area contributed by atoms with Gasteiger partial charge in [0.25, 0.3) is 0 Å². The molecular weight excluding hydrogens is 178 g/mol. The molecule has 0 aliphatic carbocycles. The third-order valence-corrected chi connectivity index (χ3v) is 7.11. The van der Waals surface area contributed by atoms with Crippen molar-refractivity contribution in [2.24, 2.45) is 0 Å². The quantitative estimate of drug-likeness (QED) is 0.555. The second kappa shape index (κ2) is 2.72. The van der Waals surface area contributed by atoms with E-state index < -0.39 is 15.1 Å². The number of halogens is 2. The minimum Gasteiger partial charge on any atom is -0.337 e. The van der Waals surface area contributed by atoms with Crippen LogP contribution in [0.5, 0.6) is 0 Å². The Morgan fingerprint density at radius 2 is 1.71 bits per heavy atom. The number of hydrogen-bond acceptors (Lipinski definition) is 0. The monoisotopic (exact) mass is 182 g/mol. The molecule has 6 heteroatoms. The van der Waals surface area contributed by atoms with Crippen LogP contribution in [0.3, 0.4) is 0 Å². The third kappa shape index (κ3) is 3.83. The van der Waals surface area contributed by atoms with Gasteiger partial charge >= 0.3 is 0 Å². The van der Waals surface area contributed by atoms with Crippen molar-refractivity contribution in [2.75, 3.05) is 6.26 Å². The van der Waals surface area contributed by atoms with Crippen LogP contribution in [0.25, 0.3) is 0 Å². The van der Waals surface area contributed by atoms with Crippen LogP contribution >= 0.6 is 27.8 Å². The summed E-state index contributed by atoms with van der Waals surface area (Å²) in [6.45, 7) is 0. The molecule has 2 nitrogen and oxygen atoms in total. The van der Waals surface area contributed by atoms with Crippen LogP contribution in [-0.4, -0.2) is 16.0 Å². The van der Waals surface area contributed by atoms with Crippen LogP contribution in [0, 0.1) is 0 Å². The van der Waals surface area contributed by atoms with Gasteiger partial charge in [0.1, 0.15) is 0 Å². The zero-order valence-electron chi connectivity index (χ0n) is 3.51. The molecule has 0 aliphatic rings. The molecule has 0 aromatic heterocycles. The fraction of sp³-hybridized carbons (Fsp3) is 1.00. The first kappa shape index (κ1) is 8.28. The molecule has 7 heavy (non-hydrogen) atoms. The number of hydrogen-bond donors (Lipinski definition) is 2. The van der Waals surface area contributed by atoms with Crippen molar-refractivity contribution < 1.29 is 9.79 Å². The summed E-state index contributed by atoms with van der Waals surface area (Å²) in [5, 5.41) is 0. The van der Waals surface area contributed by atoms with E-state index in [1.165, 1.54) is 6.26 Å². The van der Waals surface area contributed by atoms with Gasteiger partial charge in [-0.1, -0.05) is 0 Å². The Bertz CT molecular complexity index is 105. The molecule has 0 aromatic rings. The van der Waals surface area contributed by atoms with E-state index in [0.29, 0.717) is 0 Å². The van der Waals surface area contributed by atoms with Gasteiger partial charge in [0.15, 0.2) is 0 Å². The van der Waals surface area contributed by atoms with E-state index in [4.69, 9.17) is 31.7 Å². The van der Waals surface area contributed by atoms with Crippen molar-refractivity contribution in [3.05, 3.63) is 0 Å². The smallest absolute Gasteiger partial charge is 0.249 e. The highest BCUT2D eigenvalue weighted by Crippen LogP contribution is 2.47. The molecule has 0 amide bonds. The van der Waals surface area contributed by atoms with Gasteiger partial charge in [-0.2, -0.15) is 0 Å². The van der Waals surface area contributed by atoms with Crippen molar-refractivity contribution in [1.82, 2.24) is 0 Å². The van der Waals surface area contributed by atoms with E-state index in [1.54, 1.807) is 0 Å². The van der Waals surface area contributed by atoms with E-state index in [1.807, 2.05) is 0 Å². The lowest BCUT2D eigenvalue weighted by Gasteiger charge is -1.99. The van der Waals surface area contributed by atoms with Gasteiger partial charge in [0, 0.05) is 0 Å². The lowest BCUT2D eigenvalue weighted by molar-refractivity contribution is 0.500. The van der Waals surface area contributed by atoms with E-state index in [9.17, 15) is 0 Å². The summed E-state index contributed by atoms with van der Waals surface area (Å²) in [6.07, 6.45) is 1.46. The summed E-state index contributed by atoms with van der Waals surface area (Å²) >= 11 is 4.97. The Morgan fingerprint density at radius 3 is 1.71 bits per heavy atom. The molecule has 1 unspecified atom stereocenters. The van der Waals surface area contributed by atoms with Crippen LogP contribution in [0.1, 0.15) is 0 Å². The molecule has 0 aliphatic heterocycles. The van der Waals surface area contributed by atoms with Gasteiger partial charge in [0.05, 0.1) is 0 Å². The van der Waals surface area contributed by atoms with E-state index in [2.05, 4.69) is 0 Å². The summed E-state index contributed by atoms with van der Waals surface area (Å²) in [5.41, 5.74) is 0. The van der Waals surface area contributed by atoms with Gasteiger partial charge in [-0.25, -0.2) is 0 Å². The molecule has 1 atom stereocenters. The molecule has 0 radical (unpaired) electrons. The SMILES string of the molecule is CS(Cl)=P(O)(O)Cl. The molecule has 0 fully saturated rings. The van der Waals surface area contributed by atoms with Gasteiger partial charge in [0.2, 0.25) is 5.84 Å². The van der Waals surface area contributed by atoms with Crippen molar-refractivity contribution in [3.8, 4) is 0 Å². The largest absolute Gasteiger partial charge is 0.337 e. The van der Waals surface area contributed by atoms with Crippen molar-refractivity contribution >= 4 is 37.1 Å². The highest BCUT2D eigenvalue weighted by Gasteiger charge is 2.04. The maximum Gasteiger partial charge on any atom is 0.249 e. The van der Waals surface area contributed by atoms with E-state index >= 15 is 0 Å². The highest BCUT2D eigenvalue weighted by atomic mass is 35.8. The zero-order valence-corrected chi connectivity index (χ0v) is 6.73. The van der Waals surface area contributed by atoms with Gasteiger partial charge in [-0.05, 0) is 37.5 Å². The Kier molecular flexibility index (Phi) is 3.21. The molecule has 0 heterocycles. The Hall–Kier alpha value is 1.28. The van der Waals surface area contributed by atoms with Crippen LogP contribution in [-0.2, 0) is 9.29 Å². The van der Waals surface area contributed by atoms with Gasteiger partial charge in [-0.3, -0.25) is 0 Å². The predicted octanol–water partition coefficient (Wildman–Crippen LogP) is 1.29. The first-order valence-electron chi connectivity index (χ1n) is 1.31. The zero-order chi connectivity index (χ0) is 6.08. The van der Waals surface area contributed by atoms with Crippen LogP contribution < -0.4 is 0 Å². The number of rotatable bonds is 0. The molecule has 0 aromatic carbocycles. The summed E-state index contributed by atoms with van der Waals surface area (Å²) < 4.78 is 0. The Balaban J connectivity index is 4.28. The maximum absolute atomic E-state index is 8.41. The van der Waals surface area contributed by atoms with Gasteiger partial charge < -0.3 is 9.79 Å². The molecule has 0 rings (SSSR count). The normalized spacial score (nSPS) is 16.7. The molecule has 0 bridgehead atoms. The van der Waals surface area contributed by atoms with E-state index in [0.717, 1.165) is 0 Å². The summed E-state index contributed by atoms with van der Waals surface area (Å²) in [6, 6.07) is 0. The molecule has 0 spiro atoms. The average molecular weight is 183 g/mol. The molecule has 0 saturated heterocycles. The van der Waals surface area contributed by atoms with Crippen LogP contribution in [0.4, 0.5) is 0 Å². The molecule has 46 valence electrons. The van der Waals surface area contributed by atoms with Crippen LogP contribution in [0.2, 0.25) is 0 Å². The predicted molar refractivity (Wildman–Crippen MR) is 36.4 cm³/mol. The lowest BCUT2D eigenvalue weighted by atomic mass is 12.0. The van der Waals surface area contributed by atoms with Crippen molar-refractivity contribution in [3.63, 3.8) is 0 Å². The maximum atomic E-state index is 8.41. The summed E-state index contributed by atoms with van der Waals surface area (Å²) in [5.74, 6) is -3.22. The summed E-state index contributed by atoms with van der Waals surface area (Å²) in [7, 11) is 4.23. The third-order valence-electron chi connectivity index (χ3n) is 0.320. The second-order valence-electron chi connectivity index (χ2n) is 0.879. The lowest BCUT2D eigenvalue weighted by Crippen LogP contribution is -1.72. The Morgan fingerprint density at radius 1 is 1.57 bits per heavy atom.